The molecular weight excluding hydrogens is 514 g/mol. The largest absolute Gasteiger partial charge is 0.497 e. The summed E-state index contributed by atoms with van der Waals surface area (Å²) < 4.78 is 18.4. The number of nitrogens with zero attached hydrogens (tertiary/aromatic N) is 2. The number of methoxy groups -OCH3 is 3. The van der Waals surface area contributed by atoms with Gasteiger partial charge in [0, 0.05) is 11.3 Å². The Morgan fingerprint density at radius 3 is 2.41 bits per heavy atom. The fraction of sp³-hybridized carbons (Fsp3) is 0.167. The number of allylic oxidation sites excluding steroid dienone is 1. The van der Waals surface area contributed by atoms with Gasteiger partial charge in [0.1, 0.15) is 17.2 Å². The second-order valence-electron chi connectivity index (χ2n) is 8.79. The van der Waals surface area contributed by atoms with Gasteiger partial charge in [-0.15, -0.1) is 0 Å². The molecule has 4 aromatic rings. The Bertz CT molecular complexity index is 1760. The zero-order valence-electron chi connectivity index (χ0n) is 21.9. The number of benzene rings is 3. The van der Waals surface area contributed by atoms with E-state index < -0.39 is 6.04 Å². The maximum absolute atomic E-state index is 14.0. The van der Waals surface area contributed by atoms with Gasteiger partial charge in [0.15, 0.2) is 4.80 Å². The predicted molar refractivity (Wildman–Crippen MR) is 151 cm³/mol. The van der Waals surface area contributed by atoms with Gasteiger partial charge in [-0.25, -0.2) is 4.99 Å². The van der Waals surface area contributed by atoms with Gasteiger partial charge < -0.3 is 19.5 Å². The van der Waals surface area contributed by atoms with Crippen LogP contribution in [0.5, 0.6) is 17.2 Å². The van der Waals surface area contributed by atoms with Gasteiger partial charge in [-0.2, -0.15) is 0 Å². The molecule has 1 atom stereocenters. The minimum atomic E-state index is -0.714. The zero-order chi connectivity index (χ0) is 27.5. The summed E-state index contributed by atoms with van der Waals surface area (Å²) in [6.07, 6.45) is 1.76. The fourth-order valence-corrected chi connectivity index (χ4v) is 5.59. The summed E-state index contributed by atoms with van der Waals surface area (Å²) in [4.78, 5) is 32.8. The van der Waals surface area contributed by atoms with E-state index in [0.717, 1.165) is 5.56 Å². The average molecular weight is 542 g/mol. The molecule has 0 bridgehead atoms. The first-order valence-corrected chi connectivity index (χ1v) is 13.0. The summed E-state index contributed by atoms with van der Waals surface area (Å²) in [5.41, 5.74) is 2.71. The Kier molecular flexibility index (Phi) is 7.33. The Labute approximate surface area is 229 Å². The summed E-state index contributed by atoms with van der Waals surface area (Å²) in [5.74, 6) is 1.53. The molecule has 198 valence electrons. The molecule has 1 amide bonds. The third-order valence-electron chi connectivity index (χ3n) is 6.43. The summed E-state index contributed by atoms with van der Waals surface area (Å²) >= 11 is 1.25. The molecule has 0 aliphatic carbocycles. The quantitative estimate of drug-likeness (QED) is 0.383. The lowest BCUT2D eigenvalue weighted by molar-refractivity contribution is -0.113. The van der Waals surface area contributed by atoms with Crippen LogP contribution < -0.4 is 34.4 Å². The number of anilines is 1. The maximum Gasteiger partial charge on any atom is 0.271 e. The van der Waals surface area contributed by atoms with Crippen molar-refractivity contribution in [1.82, 2.24) is 4.57 Å². The third kappa shape index (κ3) is 5.08. The van der Waals surface area contributed by atoms with E-state index in [9.17, 15) is 9.59 Å². The van der Waals surface area contributed by atoms with Gasteiger partial charge in [0.05, 0.1) is 43.2 Å². The number of aromatic nitrogens is 1. The van der Waals surface area contributed by atoms with Crippen LogP contribution in [0.25, 0.3) is 6.08 Å². The molecule has 0 radical (unpaired) electrons. The number of carbonyl (C=O) groups excluding carboxylic acids is 1. The molecule has 2 heterocycles. The number of nitrogens with one attached hydrogen (secondary N) is 1. The van der Waals surface area contributed by atoms with Crippen molar-refractivity contribution in [1.29, 1.82) is 0 Å². The molecule has 1 aromatic heterocycles. The van der Waals surface area contributed by atoms with Gasteiger partial charge in [0.2, 0.25) is 0 Å². The van der Waals surface area contributed by atoms with Crippen LogP contribution in [0.1, 0.15) is 24.1 Å². The van der Waals surface area contributed by atoms with Crippen molar-refractivity contribution in [2.75, 3.05) is 26.6 Å². The number of amides is 1. The molecule has 39 heavy (non-hydrogen) atoms. The fourth-order valence-electron chi connectivity index (χ4n) is 4.55. The van der Waals surface area contributed by atoms with Crippen LogP contribution in [-0.4, -0.2) is 31.8 Å². The molecule has 0 saturated carbocycles. The van der Waals surface area contributed by atoms with E-state index in [2.05, 4.69) is 5.32 Å². The van der Waals surface area contributed by atoms with Crippen LogP contribution in [0, 0.1) is 0 Å². The third-order valence-corrected chi connectivity index (χ3v) is 7.41. The van der Waals surface area contributed by atoms with E-state index in [1.54, 1.807) is 57.1 Å². The number of thiazole rings is 1. The molecule has 1 N–H and O–H groups in total. The molecule has 0 saturated heterocycles. The molecule has 0 unspecified atom stereocenters. The van der Waals surface area contributed by atoms with Crippen LogP contribution in [0.3, 0.4) is 0 Å². The first-order valence-electron chi connectivity index (χ1n) is 12.2. The summed E-state index contributed by atoms with van der Waals surface area (Å²) in [7, 11) is 4.74. The molecule has 1 aliphatic heterocycles. The van der Waals surface area contributed by atoms with Crippen LogP contribution in [-0.2, 0) is 4.79 Å². The average Bonchev–Trinajstić information content (AvgIpc) is 3.26. The number of rotatable bonds is 7. The number of hydrogen-bond acceptors (Lipinski definition) is 7. The van der Waals surface area contributed by atoms with E-state index in [1.807, 2.05) is 54.6 Å². The minimum absolute atomic E-state index is 0.269. The smallest absolute Gasteiger partial charge is 0.271 e. The monoisotopic (exact) mass is 541 g/mol. The van der Waals surface area contributed by atoms with Gasteiger partial charge in [-0.05, 0) is 61.0 Å². The molecule has 8 nitrogen and oxygen atoms in total. The van der Waals surface area contributed by atoms with Crippen LogP contribution in [0.4, 0.5) is 5.69 Å². The number of ether oxygens (including phenoxy) is 3. The van der Waals surface area contributed by atoms with Crippen LogP contribution in [0.15, 0.2) is 93.9 Å². The Morgan fingerprint density at radius 1 is 0.949 bits per heavy atom. The van der Waals surface area contributed by atoms with Crippen molar-refractivity contribution in [3.05, 3.63) is 115 Å². The summed E-state index contributed by atoms with van der Waals surface area (Å²) in [6, 6.07) is 21.2. The number of fused-ring (bicyclic) bond motifs is 1. The Hall–Kier alpha value is -4.63. The van der Waals surface area contributed by atoms with Crippen molar-refractivity contribution < 1.29 is 19.0 Å². The molecule has 0 spiro atoms. The van der Waals surface area contributed by atoms with E-state index in [1.165, 1.54) is 11.3 Å². The molecule has 9 heteroatoms. The first kappa shape index (κ1) is 26.0. The van der Waals surface area contributed by atoms with E-state index in [0.29, 0.717) is 49.1 Å². The van der Waals surface area contributed by atoms with Crippen molar-refractivity contribution in [2.45, 2.75) is 13.0 Å². The van der Waals surface area contributed by atoms with Gasteiger partial charge in [-0.3, -0.25) is 14.2 Å². The zero-order valence-corrected chi connectivity index (χ0v) is 22.7. The van der Waals surface area contributed by atoms with Crippen LogP contribution >= 0.6 is 11.3 Å². The van der Waals surface area contributed by atoms with Gasteiger partial charge in [0.25, 0.3) is 11.5 Å². The van der Waals surface area contributed by atoms with Gasteiger partial charge in [-0.1, -0.05) is 41.7 Å². The lowest BCUT2D eigenvalue weighted by atomic mass is 9.95. The van der Waals surface area contributed by atoms with Crippen LogP contribution in [0.2, 0.25) is 0 Å². The minimum Gasteiger partial charge on any atom is -0.497 e. The topological polar surface area (TPSA) is 91.2 Å². The first-order chi connectivity index (χ1) is 18.9. The second-order valence-corrected chi connectivity index (χ2v) is 9.80. The Morgan fingerprint density at radius 2 is 1.69 bits per heavy atom. The number of para-hydroxylation sites is 1. The highest BCUT2D eigenvalue weighted by molar-refractivity contribution is 7.07. The summed E-state index contributed by atoms with van der Waals surface area (Å²) in [5, 5.41) is 2.96. The van der Waals surface area contributed by atoms with Crippen molar-refractivity contribution >= 4 is 29.0 Å². The highest BCUT2D eigenvalue weighted by Gasteiger charge is 2.32. The molecule has 1 aliphatic rings. The molecule has 3 aromatic carbocycles. The number of carbonyl (C=O) groups is 1. The normalized spacial score (nSPS) is 14.9. The van der Waals surface area contributed by atoms with Crippen molar-refractivity contribution in [3.63, 3.8) is 0 Å². The highest BCUT2D eigenvalue weighted by Crippen LogP contribution is 2.32. The lowest BCUT2D eigenvalue weighted by Gasteiger charge is -2.25. The lowest BCUT2D eigenvalue weighted by Crippen LogP contribution is -2.40. The molecule has 0 fully saturated rings. The predicted octanol–water partition coefficient (Wildman–Crippen LogP) is 3.90. The molecular formula is C30H27N3O5S. The Balaban J connectivity index is 1.70. The standard InChI is InChI=1S/C30H27N3O5S/c1-18-26(28(34)32-21-10-6-5-7-11-21)27(19-9-8-12-22(15-19)36-2)33-29(35)25(39-30(33)31-18)17-20-16-23(37-3)13-14-24(20)38-4/h5-17,27H,1-4H3,(H,32,34)/b25-17-/t27-/m1/s1. The number of hydrogen-bond donors (Lipinski definition) is 1. The molecule has 5 rings (SSSR count). The van der Waals surface area contributed by atoms with Gasteiger partial charge >= 0.3 is 0 Å². The van der Waals surface area contributed by atoms with E-state index >= 15 is 0 Å². The second kappa shape index (κ2) is 11.0. The van der Waals surface area contributed by atoms with E-state index in [4.69, 9.17) is 19.2 Å². The van der Waals surface area contributed by atoms with E-state index in [-0.39, 0.29) is 11.5 Å². The van der Waals surface area contributed by atoms with Crippen molar-refractivity contribution in [2.24, 2.45) is 4.99 Å². The van der Waals surface area contributed by atoms with Crippen molar-refractivity contribution in [3.8, 4) is 17.2 Å². The summed E-state index contributed by atoms with van der Waals surface area (Å²) in [6.45, 7) is 1.79. The maximum atomic E-state index is 14.0. The highest BCUT2D eigenvalue weighted by atomic mass is 32.1. The SMILES string of the molecule is COc1cccc([C@@H]2C(C(=O)Nc3ccccc3)=C(C)N=c3s/c(=C\c4cc(OC)ccc4OC)c(=O)n32)c1.